The zero-order chi connectivity index (χ0) is 61.9. The Morgan fingerprint density at radius 1 is 0.202 bits per heavy atom. The molecule has 0 bridgehead atoms. The fourth-order valence-electron chi connectivity index (χ4n) is 16.7. The van der Waals surface area contributed by atoms with Crippen molar-refractivity contribution < 1.29 is 0 Å². The minimum atomic E-state index is -0.527. The second-order valence-corrected chi connectivity index (χ2v) is 25.4. The van der Waals surface area contributed by atoms with E-state index < -0.39 is 10.8 Å². The van der Waals surface area contributed by atoms with Crippen LogP contribution in [0.2, 0.25) is 0 Å². The predicted octanol–water partition coefficient (Wildman–Crippen LogP) is 23.8. The summed E-state index contributed by atoms with van der Waals surface area (Å²) < 4.78 is 2.50. The lowest BCUT2D eigenvalue weighted by Gasteiger charge is -2.35. The number of hydrogen-bond acceptors (Lipinski definition) is 1. The summed E-state index contributed by atoms with van der Waals surface area (Å²) in [5, 5.41) is 9.97. The van der Waals surface area contributed by atoms with Crippen molar-refractivity contribution in [2.24, 2.45) is 0 Å². The van der Waals surface area contributed by atoms with Gasteiger partial charge in [-0.05, 0) is 200 Å². The molecule has 0 saturated carbocycles. The molecule has 0 aliphatic heterocycles. The van der Waals surface area contributed by atoms with Gasteiger partial charge in [0.25, 0.3) is 0 Å². The van der Waals surface area contributed by atoms with E-state index in [4.69, 9.17) is 0 Å². The molecule has 1 aromatic heterocycles. The molecule has 0 spiro atoms. The molecule has 0 radical (unpaired) electrons. The zero-order valence-electron chi connectivity index (χ0n) is 51.5. The molecule has 0 amide bonds. The Morgan fingerprint density at radius 3 is 1.06 bits per heavy atom. The van der Waals surface area contributed by atoms with Gasteiger partial charge in [-0.1, -0.05) is 285 Å². The maximum atomic E-state index is 2.50. The standard InChI is InChI=1S/C92H60N2/c1-6-24-65(25-7-1)91(66-26-8-2-9-27-66)85-40-22-20-38-78(85)80-51-44-64(58-87(80)91)63-46-55-90-84(57-63)83-56-62(45-54-89(83)94(90)71-49-52-77-75-36-17-16-34-73(75)74-35-18-19-37-76(74)82(77)59-71)61-42-47-70(48-43-61)93(69-32-14-5-15-33-69)72-50-53-81-79-39-21-23-41-86(79)92(88(81)60-72,67-28-10-3-11-29-67)68-30-12-4-13-31-68/h1-60H. The van der Waals surface area contributed by atoms with E-state index in [-0.39, 0.29) is 0 Å². The predicted molar refractivity (Wildman–Crippen MR) is 393 cm³/mol. The average molecular weight is 1190 g/mol. The fourth-order valence-corrected chi connectivity index (χ4v) is 16.7. The van der Waals surface area contributed by atoms with Crippen molar-refractivity contribution in [2.45, 2.75) is 10.8 Å². The second-order valence-electron chi connectivity index (χ2n) is 25.4. The van der Waals surface area contributed by atoms with Crippen LogP contribution in [0.15, 0.2) is 364 Å². The maximum absolute atomic E-state index is 2.50. The first-order valence-electron chi connectivity index (χ1n) is 32.7. The molecule has 2 aliphatic rings. The molecule has 2 nitrogen and oxygen atoms in total. The summed E-state index contributed by atoms with van der Waals surface area (Å²) in [5.74, 6) is 0. The van der Waals surface area contributed by atoms with Crippen molar-refractivity contribution in [3.63, 3.8) is 0 Å². The molecule has 94 heavy (non-hydrogen) atoms. The van der Waals surface area contributed by atoms with Crippen LogP contribution in [0.3, 0.4) is 0 Å². The van der Waals surface area contributed by atoms with Crippen LogP contribution in [-0.4, -0.2) is 4.57 Å². The van der Waals surface area contributed by atoms with E-state index in [1.54, 1.807) is 0 Å². The highest BCUT2D eigenvalue weighted by Crippen LogP contribution is 2.59. The Kier molecular flexibility index (Phi) is 12.1. The summed E-state index contributed by atoms with van der Waals surface area (Å²) in [6.07, 6.45) is 0. The van der Waals surface area contributed by atoms with Crippen molar-refractivity contribution in [1.82, 2.24) is 4.57 Å². The molecule has 2 heteroatoms. The number of fused-ring (bicyclic) bond motifs is 15. The molecule has 16 aromatic carbocycles. The third-order valence-electron chi connectivity index (χ3n) is 20.7. The Hall–Kier alpha value is -12.1. The van der Waals surface area contributed by atoms with Crippen LogP contribution < -0.4 is 4.90 Å². The molecule has 0 fully saturated rings. The van der Waals surface area contributed by atoms with Crippen LogP contribution in [0.1, 0.15) is 44.5 Å². The number of aromatic nitrogens is 1. The molecule has 19 rings (SSSR count). The summed E-state index contributed by atoms with van der Waals surface area (Å²) in [5.41, 5.74) is 25.6. The number of hydrogen-bond donors (Lipinski definition) is 0. The van der Waals surface area contributed by atoms with Crippen molar-refractivity contribution >= 4 is 71.2 Å². The average Bonchev–Trinajstić information content (AvgIpc) is 1.53. The highest BCUT2D eigenvalue weighted by Gasteiger charge is 2.48. The van der Waals surface area contributed by atoms with Crippen molar-refractivity contribution in [1.29, 1.82) is 0 Å². The maximum Gasteiger partial charge on any atom is 0.0714 e. The van der Waals surface area contributed by atoms with E-state index in [9.17, 15) is 0 Å². The lowest BCUT2D eigenvalue weighted by atomic mass is 9.67. The lowest BCUT2D eigenvalue weighted by molar-refractivity contribution is 0.768. The van der Waals surface area contributed by atoms with Gasteiger partial charge >= 0.3 is 0 Å². The van der Waals surface area contributed by atoms with Gasteiger partial charge in [-0.3, -0.25) is 0 Å². The Balaban J connectivity index is 0.778. The van der Waals surface area contributed by atoms with Crippen LogP contribution in [0.4, 0.5) is 17.1 Å². The summed E-state index contributed by atoms with van der Waals surface area (Å²) >= 11 is 0. The third kappa shape index (κ3) is 7.90. The van der Waals surface area contributed by atoms with Crippen LogP contribution in [0, 0.1) is 0 Å². The van der Waals surface area contributed by atoms with E-state index in [2.05, 4.69) is 373 Å². The molecule has 0 atom stereocenters. The molecule has 0 N–H and O–H groups in total. The zero-order valence-corrected chi connectivity index (χ0v) is 51.5. The number of nitrogens with zero attached hydrogens (tertiary/aromatic N) is 2. The number of rotatable bonds is 10. The Labute approximate surface area is 546 Å². The Morgan fingerprint density at radius 2 is 0.553 bits per heavy atom. The number of benzene rings is 16. The smallest absolute Gasteiger partial charge is 0.0714 e. The van der Waals surface area contributed by atoms with Crippen LogP contribution in [0.5, 0.6) is 0 Å². The summed E-state index contributed by atoms with van der Waals surface area (Å²) in [6, 6.07) is 136. The molecule has 0 unspecified atom stereocenters. The highest BCUT2D eigenvalue weighted by molar-refractivity contribution is 6.26. The number of anilines is 3. The van der Waals surface area contributed by atoms with Crippen LogP contribution >= 0.6 is 0 Å². The Bertz CT molecular complexity index is 5720. The van der Waals surface area contributed by atoms with Crippen molar-refractivity contribution in [2.75, 3.05) is 4.90 Å². The van der Waals surface area contributed by atoms with E-state index in [1.165, 1.54) is 121 Å². The van der Waals surface area contributed by atoms with Gasteiger partial charge in [-0.2, -0.15) is 0 Å². The number of para-hydroxylation sites is 1. The van der Waals surface area contributed by atoms with Gasteiger partial charge in [0.2, 0.25) is 0 Å². The molecule has 438 valence electrons. The fraction of sp³-hybridized carbons (Fsp3) is 0.0217. The van der Waals surface area contributed by atoms with Gasteiger partial charge in [0.15, 0.2) is 0 Å². The van der Waals surface area contributed by atoms with Gasteiger partial charge in [0.1, 0.15) is 0 Å². The van der Waals surface area contributed by atoms with Crippen LogP contribution in [0.25, 0.3) is 104 Å². The summed E-state index contributed by atoms with van der Waals surface area (Å²) in [6.45, 7) is 0. The lowest BCUT2D eigenvalue weighted by Crippen LogP contribution is -2.28. The molecular weight excluding hydrogens is 1130 g/mol. The quantitative estimate of drug-likeness (QED) is 0.124. The van der Waals surface area contributed by atoms with Gasteiger partial charge in [0, 0.05) is 33.5 Å². The van der Waals surface area contributed by atoms with Crippen LogP contribution in [-0.2, 0) is 10.8 Å². The first-order valence-corrected chi connectivity index (χ1v) is 32.7. The minimum absolute atomic E-state index is 0.511. The van der Waals surface area contributed by atoms with Crippen molar-refractivity contribution in [3.8, 4) is 50.2 Å². The molecule has 0 saturated heterocycles. The highest BCUT2D eigenvalue weighted by atomic mass is 15.1. The van der Waals surface area contributed by atoms with Gasteiger partial charge in [0.05, 0.1) is 21.9 Å². The molecule has 17 aromatic rings. The first-order chi connectivity index (χ1) is 46.6. The van der Waals surface area contributed by atoms with Crippen molar-refractivity contribution in [3.05, 3.63) is 408 Å². The molecular formula is C92H60N2. The van der Waals surface area contributed by atoms with E-state index >= 15 is 0 Å². The van der Waals surface area contributed by atoms with Gasteiger partial charge in [-0.25, -0.2) is 0 Å². The van der Waals surface area contributed by atoms with E-state index in [1.807, 2.05) is 0 Å². The monoisotopic (exact) mass is 1190 g/mol. The van der Waals surface area contributed by atoms with Gasteiger partial charge in [-0.15, -0.1) is 0 Å². The topological polar surface area (TPSA) is 8.17 Å². The summed E-state index contributed by atoms with van der Waals surface area (Å²) in [4.78, 5) is 2.42. The largest absolute Gasteiger partial charge is 0.310 e. The van der Waals surface area contributed by atoms with E-state index in [0.29, 0.717) is 0 Å². The first kappa shape index (κ1) is 53.7. The normalized spacial score (nSPS) is 13.3. The molecule has 2 aliphatic carbocycles. The van der Waals surface area contributed by atoms with E-state index in [0.717, 1.165) is 44.9 Å². The summed E-state index contributed by atoms with van der Waals surface area (Å²) in [7, 11) is 0. The van der Waals surface area contributed by atoms with Gasteiger partial charge < -0.3 is 9.47 Å². The SMILES string of the molecule is c1ccc(N(c2ccc(-c3ccc4c(c3)c3cc(-c5ccc6c(c5)C(c5ccccc5)(c5ccccc5)c5ccccc5-6)ccc3n4-c3ccc4c5ccccc5c5ccccc5c4c3)cc2)c2ccc3c(c2)C(c2ccccc2)(c2ccccc2)c2ccccc2-3)cc1. The molecule has 1 heterocycles. The second kappa shape index (κ2) is 21.2. The third-order valence-corrected chi connectivity index (χ3v) is 20.7. The minimum Gasteiger partial charge on any atom is -0.310 e.